The quantitative estimate of drug-likeness (QED) is 0.415. The van der Waals surface area contributed by atoms with E-state index < -0.39 is 0 Å². The lowest BCUT2D eigenvalue weighted by molar-refractivity contribution is -0.116. The molecule has 33 heavy (non-hydrogen) atoms. The number of nitrogens with zero attached hydrogens (tertiary/aromatic N) is 5. The van der Waals surface area contributed by atoms with Crippen LogP contribution in [-0.2, 0) is 9.53 Å². The summed E-state index contributed by atoms with van der Waals surface area (Å²) in [6.07, 6.45) is 3.62. The molecule has 1 saturated heterocycles. The van der Waals surface area contributed by atoms with E-state index in [9.17, 15) is 4.79 Å². The molecular weight excluding hydrogens is 422 g/mol. The van der Waals surface area contributed by atoms with E-state index in [1.54, 1.807) is 17.1 Å². The average molecular weight is 447 g/mol. The number of rotatable bonds is 6. The maximum absolute atomic E-state index is 11.8. The third-order valence-electron chi connectivity index (χ3n) is 5.71. The van der Waals surface area contributed by atoms with Gasteiger partial charge in [-0.15, -0.1) is 0 Å². The number of morpholine rings is 1. The fraction of sp³-hybridized carbons (Fsp3) is 0.304. The largest absolute Gasteiger partial charge is 0.396 e. The van der Waals surface area contributed by atoms with Crippen LogP contribution in [0.3, 0.4) is 0 Å². The zero-order valence-corrected chi connectivity index (χ0v) is 18.2. The lowest BCUT2D eigenvalue weighted by Crippen LogP contribution is -2.44. The highest BCUT2D eigenvalue weighted by molar-refractivity contribution is 5.96. The van der Waals surface area contributed by atoms with Crippen LogP contribution < -0.4 is 10.2 Å². The molecule has 0 bridgehead atoms. The van der Waals surface area contributed by atoms with Gasteiger partial charge in [0, 0.05) is 29.9 Å². The minimum atomic E-state index is -0.222. The monoisotopic (exact) mass is 447 g/mol. The predicted molar refractivity (Wildman–Crippen MR) is 124 cm³/mol. The number of carbonyl (C=O) groups is 1. The second-order valence-electron chi connectivity index (χ2n) is 7.97. The van der Waals surface area contributed by atoms with Gasteiger partial charge >= 0.3 is 0 Å². The van der Waals surface area contributed by atoms with Gasteiger partial charge in [0.15, 0.2) is 11.5 Å². The van der Waals surface area contributed by atoms with E-state index >= 15 is 0 Å². The molecule has 10 heteroatoms. The SMILES string of the molecule is C[C@@H]1COCCN1c1cc(-c2ccc(NC(=O)CCO)cc2)c2cnn(-c3cc[nH]n3)c2n1. The molecule has 1 atom stereocenters. The molecule has 3 N–H and O–H groups in total. The summed E-state index contributed by atoms with van der Waals surface area (Å²) < 4.78 is 7.34. The van der Waals surface area contributed by atoms with Crippen molar-refractivity contribution < 1.29 is 14.6 Å². The number of aliphatic hydroxyl groups excluding tert-OH is 1. The van der Waals surface area contributed by atoms with Gasteiger partial charge in [-0.1, -0.05) is 12.1 Å². The molecule has 3 aromatic heterocycles. The number of amides is 1. The van der Waals surface area contributed by atoms with Gasteiger partial charge in [0.05, 0.1) is 38.5 Å². The molecule has 0 spiro atoms. The predicted octanol–water partition coefficient (Wildman–Crippen LogP) is 2.36. The molecule has 1 aliphatic heterocycles. The van der Waals surface area contributed by atoms with Crippen LogP contribution >= 0.6 is 0 Å². The van der Waals surface area contributed by atoms with Crippen LogP contribution in [0.1, 0.15) is 13.3 Å². The van der Waals surface area contributed by atoms with Crippen molar-refractivity contribution >= 4 is 28.4 Å². The maximum Gasteiger partial charge on any atom is 0.226 e. The Morgan fingerprint density at radius 2 is 2.12 bits per heavy atom. The standard InChI is InChI=1S/C23H25N7O3/c1-15-14-33-11-9-29(15)21-12-18(16-2-4-17(5-3-16)26-22(32)7-10-31)19-13-25-30(23(19)27-21)20-6-8-24-28-20/h2-6,8,12-13,15,31H,7,9-11,14H2,1H3,(H,24,28)(H,26,32)/t15-/m1/s1. The number of hydrogen-bond acceptors (Lipinski definition) is 7. The summed E-state index contributed by atoms with van der Waals surface area (Å²) in [7, 11) is 0. The molecule has 1 aromatic carbocycles. The Labute approximate surface area is 190 Å². The van der Waals surface area contributed by atoms with Gasteiger partial charge in [-0.05, 0) is 36.2 Å². The molecule has 10 nitrogen and oxygen atoms in total. The first-order valence-corrected chi connectivity index (χ1v) is 10.9. The summed E-state index contributed by atoms with van der Waals surface area (Å²) in [4.78, 5) is 19.0. The highest BCUT2D eigenvalue weighted by Gasteiger charge is 2.23. The third-order valence-corrected chi connectivity index (χ3v) is 5.71. The summed E-state index contributed by atoms with van der Waals surface area (Å²) in [6, 6.07) is 11.8. The summed E-state index contributed by atoms with van der Waals surface area (Å²) in [5, 5.41) is 24.3. The number of nitrogens with one attached hydrogen (secondary N) is 2. The second-order valence-corrected chi connectivity index (χ2v) is 7.97. The number of pyridine rings is 1. The van der Waals surface area contributed by atoms with Crippen LogP contribution in [0.5, 0.6) is 0 Å². The van der Waals surface area contributed by atoms with Crippen LogP contribution in [-0.4, -0.2) is 68.4 Å². The molecular formula is C23H25N7O3. The topological polar surface area (TPSA) is 121 Å². The number of H-pyrrole nitrogens is 1. The van der Waals surface area contributed by atoms with E-state index in [1.165, 1.54) is 0 Å². The molecule has 4 heterocycles. The summed E-state index contributed by atoms with van der Waals surface area (Å²) in [5.41, 5.74) is 3.36. The first-order valence-electron chi connectivity index (χ1n) is 10.9. The summed E-state index contributed by atoms with van der Waals surface area (Å²) >= 11 is 0. The zero-order valence-electron chi connectivity index (χ0n) is 18.2. The number of aliphatic hydroxyl groups is 1. The summed E-state index contributed by atoms with van der Waals surface area (Å²) in [5.74, 6) is 1.30. The van der Waals surface area contributed by atoms with E-state index in [1.807, 2.05) is 30.3 Å². The molecule has 0 saturated carbocycles. The van der Waals surface area contributed by atoms with E-state index in [0.29, 0.717) is 30.4 Å². The molecule has 0 aliphatic carbocycles. The van der Waals surface area contributed by atoms with Crippen molar-refractivity contribution in [1.29, 1.82) is 0 Å². The number of carbonyl (C=O) groups excluding carboxylic acids is 1. The van der Waals surface area contributed by atoms with Crippen molar-refractivity contribution in [3.63, 3.8) is 0 Å². The van der Waals surface area contributed by atoms with Gasteiger partial charge in [0.2, 0.25) is 5.91 Å². The van der Waals surface area contributed by atoms with E-state index in [0.717, 1.165) is 28.9 Å². The van der Waals surface area contributed by atoms with Gasteiger partial charge in [0.1, 0.15) is 5.82 Å². The lowest BCUT2D eigenvalue weighted by Gasteiger charge is -2.34. The summed E-state index contributed by atoms with van der Waals surface area (Å²) in [6.45, 7) is 4.00. The van der Waals surface area contributed by atoms with Crippen LogP contribution in [0.25, 0.3) is 28.0 Å². The van der Waals surface area contributed by atoms with Crippen molar-refractivity contribution in [2.45, 2.75) is 19.4 Å². The third kappa shape index (κ3) is 4.18. The highest BCUT2D eigenvalue weighted by atomic mass is 16.5. The molecule has 1 amide bonds. The van der Waals surface area contributed by atoms with Crippen LogP contribution in [0.15, 0.2) is 48.8 Å². The Bertz CT molecular complexity index is 1250. The first-order chi connectivity index (χ1) is 16.1. The minimum Gasteiger partial charge on any atom is -0.396 e. The Hall–Kier alpha value is -3.76. The maximum atomic E-state index is 11.8. The number of hydrogen-bond donors (Lipinski definition) is 3. The number of fused-ring (bicyclic) bond motifs is 1. The Balaban J connectivity index is 1.59. The number of aromatic nitrogens is 5. The fourth-order valence-electron chi connectivity index (χ4n) is 4.04. The van der Waals surface area contributed by atoms with Crippen LogP contribution in [0, 0.1) is 0 Å². The molecule has 1 aliphatic rings. The van der Waals surface area contributed by atoms with Gasteiger partial charge < -0.3 is 20.1 Å². The smallest absolute Gasteiger partial charge is 0.226 e. The Kier molecular flexibility index (Phi) is 5.76. The zero-order chi connectivity index (χ0) is 22.8. The minimum absolute atomic E-state index is 0.0696. The van der Waals surface area contributed by atoms with Crippen LogP contribution in [0.2, 0.25) is 0 Å². The number of aromatic amines is 1. The molecule has 5 rings (SSSR count). The molecule has 0 radical (unpaired) electrons. The van der Waals surface area contributed by atoms with Crippen molar-refractivity contribution in [3.8, 4) is 16.9 Å². The van der Waals surface area contributed by atoms with Gasteiger partial charge in [-0.3, -0.25) is 9.89 Å². The second kappa shape index (κ2) is 9.00. The van der Waals surface area contributed by atoms with Gasteiger partial charge in [-0.25, -0.2) is 4.98 Å². The van der Waals surface area contributed by atoms with Crippen molar-refractivity contribution in [2.75, 3.05) is 36.6 Å². The van der Waals surface area contributed by atoms with Crippen molar-refractivity contribution in [2.24, 2.45) is 0 Å². The Morgan fingerprint density at radius 3 is 2.85 bits per heavy atom. The number of anilines is 2. The Morgan fingerprint density at radius 1 is 1.27 bits per heavy atom. The molecule has 0 unspecified atom stereocenters. The fourth-order valence-corrected chi connectivity index (χ4v) is 4.04. The highest BCUT2D eigenvalue weighted by Crippen LogP contribution is 2.33. The lowest BCUT2D eigenvalue weighted by atomic mass is 10.0. The van der Waals surface area contributed by atoms with Gasteiger partial charge in [0.25, 0.3) is 0 Å². The normalized spacial score (nSPS) is 16.3. The number of benzene rings is 1. The molecule has 170 valence electrons. The average Bonchev–Trinajstić information content (AvgIpc) is 3.49. The van der Waals surface area contributed by atoms with Crippen molar-refractivity contribution in [3.05, 3.63) is 48.8 Å². The number of ether oxygens (including phenoxy) is 1. The van der Waals surface area contributed by atoms with Crippen LogP contribution in [0.4, 0.5) is 11.5 Å². The van der Waals surface area contributed by atoms with E-state index in [-0.39, 0.29) is 25.0 Å². The first kappa shape index (κ1) is 21.1. The van der Waals surface area contributed by atoms with Crippen molar-refractivity contribution in [1.82, 2.24) is 25.0 Å². The van der Waals surface area contributed by atoms with E-state index in [2.05, 4.69) is 38.5 Å². The van der Waals surface area contributed by atoms with Gasteiger partial charge in [-0.2, -0.15) is 14.9 Å². The van der Waals surface area contributed by atoms with E-state index in [4.69, 9.17) is 14.8 Å². The molecule has 4 aromatic rings. The molecule has 1 fully saturated rings.